The van der Waals surface area contributed by atoms with E-state index in [1.807, 2.05) is 32.0 Å². The molecule has 10 rings (SSSR count). The number of pyridine rings is 1. The summed E-state index contributed by atoms with van der Waals surface area (Å²) in [6.45, 7) is 12.3. The largest absolute Gasteiger partial charge is 0.489 e. The lowest BCUT2D eigenvalue weighted by molar-refractivity contribution is -0.384. The molecule has 3 atom stereocenters. The van der Waals surface area contributed by atoms with Gasteiger partial charge in [0, 0.05) is 67.2 Å². The SMILES string of the molecule is Cc1cc2cc(Oc3cc(N4CCC5(CC4)CN(C4CCC[C@@H]4c4ccccc4C(C)C)C5)ccc3C(=O)NS(=O)(=O)c3cc4c(c([N+](=O)[O-])c3)N[C@@H]([C@H]3CC[C@](C)(O)CC3)CO4)cnc2[nH]1. The first-order valence-electron chi connectivity index (χ1n) is 23.9. The van der Waals surface area contributed by atoms with Crippen LogP contribution in [0.4, 0.5) is 17.1 Å². The predicted molar refractivity (Wildman–Crippen MR) is 257 cm³/mol. The van der Waals surface area contributed by atoms with E-state index in [4.69, 9.17) is 9.47 Å². The topological polar surface area (TPSA) is 192 Å². The molecule has 5 heterocycles. The summed E-state index contributed by atoms with van der Waals surface area (Å²) in [4.78, 5) is 38.2. The predicted octanol–water partition coefficient (Wildman–Crippen LogP) is 9.17. The molecule has 16 heteroatoms. The zero-order valence-electron chi connectivity index (χ0n) is 38.7. The molecule has 4 N–H and O–H groups in total. The number of nitro groups is 1. The average Bonchev–Trinajstić information content (AvgIpc) is 3.93. The van der Waals surface area contributed by atoms with Crippen LogP contribution in [-0.2, 0) is 10.0 Å². The molecular formula is C51H61N7O8S. The van der Waals surface area contributed by atoms with Gasteiger partial charge in [0.15, 0.2) is 11.4 Å². The number of carbonyl (C=O) groups excluding carboxylic acids is 1. The van der Waals surface area contributed by atoms with Crippen LogP contribution in [0.3, 0.4) is 0 Å². The summed E-state index contributed by atoms with van der Waals surface area (Å²) in [6, 6.07) is 20.4. The van der Waals surface area contributed by atoms with Gasteiger partial charge in [0.1, 0.15) is 23.8 Å². The summed E-state index contributed by atoms with van der Waals surface area (Å²) in [5, 5.41) is 26.9. The van der Waals surface area contributed by atoms with E-state index >= 15 is 0 Å². The van der Waals surface area contributed by atoms with Crippen molar-refractivity contribution in [2.75, 3.05) is 43.0 Å². The molecule has 1 unspecified atom stereocenters. The number of nitrogens with one attached hydrogen (secondary N) is 3. The number of nitro benzene ring substituents is 1. The number of aliphatic hydroxyl groups is 1. The van der Waals surface area contributed by atoms with Crippen molar-refractivity contribution >= 4 is 44.0 Å². The number of H-pyrrole nitrogens is 1. The highest BCUT2D eigenvalue weighted by Crippen LogP contribution is 2.49. The van der Waals surface area contributed by atoms with Gasteiger partial charge in [0.2, 0.25) is 0 Å². The van der Waals surface area contributed by atoms with Crippen LogP contribution in [0, 0.1) is 28.4 Å². The molecule has 67 heavy (non-hydrogen) atoms. The van der Waals surface area contributed by atoms with Crippen molar-refractivity contribution in [3.8, 4) is 17.2 Å². The Morgan fingerprint density at radius 2 is 1.78 bits per heavy atom. The van der Waals surface area contributed by atoms with Crippen LogP contribution in [0.15, 0.2) is 77.8 Å². The second-order valence-electron chi connectivity index (χ2n) is 20.5. The molecule has 354 valence electrons. The van der Waals surface area contributed by atoms with E-state index in [1.54, 1.807) is 18.3 Å². The molecule has 2 aliphatic carbocycles. The maximum Gasteiger partial charge on any atom is 0.297 e. The van der Waals surface area contributed by atoms with Gasteiger partial charge in [-0.05, 0) is 124 Å². The van der Waals surface area contributed by atoms with Gasteiger partial charge in [0.25, 0.3) is 21.6 Å². The zero-order chi connectivity index (χ0) is 46.8. The molecule has 5 aromatic rings. The van der Waals surface area contributed by atoms with E-state index < -0.39 is 37.0 Å². The molecule has 1 spiro atoms. The maximum absolute atomic E-state index is 14.2. The number of hydrogen-bond acceptors (Lipinski definition) is 12. The number of fused-ring (bicyclic) bond motifs is 2. The quantitative estimate of drug-likeness (QED) is 0.0727. The highest BCUT2D eigenvalue weighted by Gasteiger charge is 2.49. The number of carbonyl (C=O) groups is 1. The maximum atomic E-state index is 14.2. The van der Waals surface area contributed by atoms with Gasteiger partial charge in [-0.1, -0.05) is 44.5 Å². The Kier molecular flexibility index (Phi) is 11.7. The van der Waals surface area contributed by atoms with Crippen molar-refractivity contribution in [1.82, 2.24) is 19.6 Å². The molecule has 2 aromatic heterocycles. The van der Waals surface area contributed by atoms with Gasteiger partial charge in [-0.15, -0.1) is 0 Å². The Hall–Kier alpha value is -5.71. The monoisotopic (exact) mass is 931 g/mol. The second-order valence-corrected chi connectivity index (χ2v) is 22.2. The number of nitrogens with zero attached hydrogens (tertiary/aromatic N) is 4. The summed E-state index contributed by atoms with van der Waals surface area (Å²) < 4.78 is 42.5. The van der Waals surface area contributed by atoms with Crippen LogP contribution >= 0.6 is 0 Å². The lowest BCUT2D eigenvalue weighted by Crippen LogP contribution is -2.63. The molecule has 3 aromatic carbocycles. The summed E-state index contributed by atoms with van der Waals surface area (Å²) in [7, 11) is -4.66. The number of benzene rings is 3. The number of anilines is 2. The lowest BCUT2D eigenvalue weighted by Gasteiger charge is -2.57. The minimum Gasteiger partial charge on any atom is -0.489 e. The smallest absolute Gasteiger partial charge is 0.297 e. The number of sulfonamides is 1. The molecular weight excluding hydrogens is 871 g/mol. The van der Waals surface area contributed by atoms with E-state index in [1.165, 1.54) is 36.5 Å². The highest BCUT2D eigenvalue weighted by atomic mass is 32.2. The van der Waals surface area contributed by atoms with Crippen LogP contribution in [-0.4, -0.2) is 89.7 Å². The third-order valence-electron chi connectivity index (χ3n) is 15.5. The molecule has 1 amide bonds. The summed E-state index contributed by atoms with van der Waals surface area (Å²) >= 11 is 0. The number of ether oxygens (including phenoxy) is 2. The van der Waals surface area contributed by atoms with Gasteiger partial charge in [-0.25, -0.2) is 18.1 Å². The lowest BCUT2D eigenvalue weighted by atomic mass is 9.70. The van der Waals surface area contributed by atoms with Crippen LogP contribution in [0.25, 0.3) is 11.0 Å². The first kappa shape index (κ1) is 45.1. The van der Waals surface area contributed by atoms with Crippen molar-refractivity contribution in [2.45, 2.75) is 120 Å². The fourth-order valence-electron chi connectivity index (χ4n) is 11.7. The first-order chi connectivity index (χ1) is 32.0. The Balaban J connectivity index is 0.861. The fourth-order valence-corrected chi connectivity index (χ4v) is 12.7. The van der Waals surface area contributed by atoms with Crippen molar-refractivity contribution in [2.24, 2.45) is 11.3 Å². The Labute approximate surface area is 391 Å². The van der Waals surface area contributed by atoms with Crippen molar-refractivity contribution < 1.29 is 32.7 Å². The second kappa shape index (κ2) is 17.4. The number of likely N-dealkylation sites (tertiary alicyclic amines) is 1. The number of aryl methyl sites for hydroxylation is 1. The molecule has 4 fully saturated rings. The van der Waals surface area contributed by atoms with Crippen molar-refractivity contribution in [1.29, 1.82) is 0 Å². The number of piperidine rings is 1. The van der Waals surface area contributed by atoms with E-state index in [2.05, 4.69) is 67.9 Å². The van der Waals surface area contributed by atoms with Crippen LogP contribution in [0.1, 0.15) is 118 Å². The number of hydrogen-bond donors (Lipinski definition) is 4. The van der Waals surface area contributed by atoms with Crippen LogP contribution < -0.4 is 24.4 Å². The van der Waals surface area contributed by atoms with E-state index in [9.17, 15) is 28.4 Å². The van der Waals surface area contributed by atoms with Gasteiger partial charge in [0.05, 0.1) is 33.2 Å². The normalized spacial score (nSPS) is 25.0. The third kappa shape index (κ3) is 8.95. The minimum atomic E-state index is -4.66. The fraction of sp³-hybridized carbons (Fsp3) is 0.490. The Morgan fingerprint density at radius 1 is 1.01 bits per heavy atom. The molecule has 15 nitrogen and oxygen atoms in total. The molecule has 2 saturated carbocycles. The average molecular weight is 932 g/mol. The highest BCUT2D eigenvalue weighted by molar-refractivity contribution is 7.90. The van der Waals surface area contributed by atoms with Gasteiger partial charge < -0.3 is 29.8 Å². The van der Waals surface area contributed by atoms with Gasteiger partial charge in [-0.3, -0.25) is 19.8 Å². The Bertz CT molecular complexity index is 2820. The number of rotatable bonds is 11. The summed E-state index contributed by atoms with van der Waals surface area (Å²) in [6.07, 6.45) is 9.98. The molecule has 0 radical (unpaired) electrons. The summed E-state index contributed by atoms with van der Waals surface area (Å²) in [5.41, 5.74) is 4.53. The van der Waals surface area contributed by atoms with E-state index in [-0.39, 0.29) is 46.7 Å². The minimum absolute atomic E-state index is 0.00501. The van der Waals surface area contributed by atoms with Crippen LogP contribution in [0.2, 0.25) is 0 Å². The van der Waals surface area contributed by atoms with Gasteiger partial charge >= 0.3 is 0 Å². The molecule has 5 aliphatic rings. The standard InChI is InChI=1S/C51H61N7O8S/c1-31(2)38-8-5-6-9-39(38)40-10-7-11-43(40)57-29-51(30-57)18-20-56(21-19-51)35-12-13-41(45(24-35)66-36-23-34-22-32(3)53-48(34)52-27-36)49(59)55-67(63,64)37-25-44(58(61)62)47-46(26-37)65-28-42(54-47)33-14-16-50(4,60)17-15-33/h5-6,8-9,12-13,22-27,31,33,40,42-43,54,60H,7,10-11,14-21,28-30H2,1-4H3,(H,52,53)(H,55,59)/t33-,40-,42-,43?,50-/m1/s1. The molecule has 2 saturated heterocycles. The van der Waals surface area contributed by atoms with E-state index in [0.29, 0.717) is 55.0 Å². The number of amides is 1. The molecule has 0 bridgehead atoms. The summed E-state index contributed by atoms with van der Waals surface area (Å²) in [5.74, 6) is 0.720. The number of aromatic nitrogens is 2. The Morgan fingerprint density at radius 3 is 2.52 bits per heavy atom. The first-order valence-corrected chi connectivity index (χ1v) is 25.4. The van der Waals surface area contributed by atoms with Crippen molar-refractivity contribution in [3.05, 3.63) is 105 Å². The van der Waals surface area contributed by atoms with Gasteiger partial charge in [-0.2, -0.15) is 0 Å². The number of aromatic amines is 1. The third-order valence-corrected chi connectivity index (χ3v) is 16.8. The van der Waals surface area contributed by atoms with Crippen molar-refractivity contribution in [3.63, 3.8) is 0 Å². The zero-order valence-corrected chi connectivity index (χ0v) is 39.5. The van der Waals surface area contributed by atoms with Crippen LogP contribution in [0.5, 0.6) is 17.2 Å². The molecule has 3 aliphatic heterocycles. The van der Waals surface area contributed by atoms with E-state index in [0.717, 1.165) is 61.9 Å².